The highest BCUT2D eigenvalue weighted by molar-refractivity contribution is 7.60. The molecule has 0 aliphatic carbocycles. The Morgan fingerprint density at radius 2 is 1.57 bits per heavy atom. The number of rotatable bonds is 8. The van der Waals surface area contributed by atoms with E-state index in [2.05, 4.69) is 0 Å². The molecule has 0 bridgehead atoms. The molecule has 0 radical (unpaired) electrons. The van der Waals surface area contributed by atoms with E-state index < -0.39 is 19.0 Å². The fourth-order valence-electron chi connectivity index (χ4n) is 2.23. The van der Waals surface area contributed by atoms with Crippen molar-refractivity contribution in [2.75, 3.05) is 6.16 Å². The maximum atomic E-state index is 13.1. The van der Waals surface area contributed by atoms with Gasteiger partial charge in [-0.1, -0.05) is 60.7 Å². The molecule has 1 N–H and O–H groups in total. The van der Waals surface area contributed by atoms with Gasteiger partial charge in [0.1, 0.15) is 5.66 Å². The Kier molecular flexibility index (Phi) is 6.14. The minimum atomic E-state index is -3.30. The highest BCUT2D eigenvalue weighted by atomic mass is 31.2. The first-order valence-electron chi connectivity index (χ1n) is 7.55. The number of carboxylic acids is 1. The van der Waals surface area contributed by atoms with Crippen LogP contribution in [0, 0.1) is 0 Å². The van der Waals surface area contributed by atoms with Crippen LogP contribution in [0.5, 0.6) is 0 Å². The molecule has 122 valence electrons. The quantitative estimate of drug-likeness (QED) is 0.736. The fraction of sp³-hybridized carbons (Fsp3) is 0.278. The van der Waals surface area contributed by atoms with Crippen molar-refractivity contribution in [2.24, 2.45) is 0 Å². The predicted molar refractivity (Wildman–Crippen MR) is 90.9 cm³/mol. The van der Waals surface area contributed by atoms with Gasteiger partial charge in [-0.15, -0.1) is 0 Å². The lowest BCUT2D eigenvalue weighted by Crippen LogP contribution is -2.20. The van der Waals surface area contributed by atoms with Crippen molar-refractivity contribution in [3.63, 3.8) is 0 Å². The lowest BCUT2D eigenvalue weighted by molar-refractivity contribution is -0.136. The van der Waals surface area contributed by atoms with Crippen LogP contribution in [0.25, 0.3) is 0 Å². The van der Waals surface area contributed by atoms with Crippen LogP contribution in [0.3, 0.4) is 0 Å². The molecule has 23 heavy (non-hydrogen) atoms. The second-order valence-corrected chi connectivity index (χ2v) is 8.39. The van der Waals surface area contributed by atoms with Crippen LogP contribution in [0.15, 0.2) is 60.7 Å². The van der Waals surface area contributed by atoms with E-state index in [1.165, 1.54) is 6.92 Å². The van der Waals surface area contributed by atoms with Gasteiger partial charge in [-0.2, -0.15) is 0 Å². The molecule has 0 saturated carbocycles. The van der Waals surface area contributed by atoms with Gasteiger partial charge in [0.25, 0.3) is 0 Å². The van der Waals surface area contributed by atoms with E-state index in [4.69, 9.17) is 4.52 Å². The monoisotopic (exact) mass is 332 g/mol. The molecule has 0 amide bonds. The maximum absolute atomic E-state index is 13.1. The van der Waals surface area contributed by atoms with E-state index in [1.54, 1.807) is 0 Å². The summed E-state index contributed by atoms with van der Waals surface area (Å²) in [6.07, 6.45) is 0.752. The normalized spacial score (nSPS) is 14.8. The molecule has 2 unspecified atom stereocenters. The zero-order valence-electron chi connectivity index (χ0n) is 13.1. The van der Waals surface area contributed by atoms with Crippen LogP contribution in [0.2, 0.25) is 0 Å². The first-order chi connectivity index (χ1) is 11.0. The third-order valence-corrected chi connectivity index (χ3v) is 6.61. The first kappa shape index (κ1) is 17.5. The number of benzene rings is 2. The average molecular weight is 332 g/mol. The first-order valence-corrected chi connectivity index (χ1v) is 9.43. The van der Waals surface area contributed by atoms with Crippen molar-refractivity contribution >= 4 is 13.3 Å². The van der Waals surface area contributed by atoms with Crippen molar-refractivity contribution in [1.82, 2.24) is 0 Å². The molecule has 5 heteroatoms. The van der Waals surface area contributed by atoms with E-state index in [0.717, 1.165) is 11.1 Å². The summed E-state index contributed by atoms with van der Waals surface area (Å²) in [7, 11) is -3.30. The third-order valence-electron chi connectivity index (χ3n) is 3.80. The highest BCUT2D eigenvalue weighted by Gasteiger charge is 2.35. The summed E-state index contributed by atoms with van der Waals surface area (Å²) in [5.41, 5.74) is 0.883. The van der Waals surface area contributed by atoms with Crippen molar-refractivity contribution in [2.45, 2.75) is 25.6 Å². The van der Waals surface area contributed by atoms with E-state index in [9.17, 15) is 14.5 Å². The number of carbonyl (C=O) groups is 1. The Labute approximate surface area is 136 Å². The summed E-state index contributed by atoms with van der Waals surface area (Å²) in [6.45, 7) is 1.61. The van der Waals surface area contributed by atoms with Crippen molar-refractivity contribution in [1.29, 1.82) is 0 Å². The van der Waals surface area contributed by atoms with Gasteiger partial charge in [-0.25, -0.2) is 0 Å². The molecule has 0 saturated heterocycles. The Morgan fingerprint density at radius 1 is 1.04 bits per heavy atom. The van der Waals surface area contributed by atoms with Crippen molar-refractivity contribution < 1.29 is 19.0 Å². The SMILES string of the molecule is CC(C(=O)O)P(=O)(CCc1ccccc1)OCc1ccccc1. The maximum Gasteiger partial charge on any atom is 0.316 e. The van der Waals surface area contributed by atoms with E-state index in [1.807, 2.05) is 60.7 Å². The summed E-state index contributed by atoms with van der Waals surface area (Å²) in [4.78, 5) is 11.3. The van der Waals surface area contributed by atoms with Crippen LogP contribution in [-0.4, -0.2) is 22.9 Å². The Hall–Kier alpha value is -1.90. The molecule has 0 aromatic heterocycles. The molecule has 0 spiro atoms. The molecular weight excluding hydrogens is 311 g/mol. The molecular formula is C18H21O4P. The molecule has 2 rings (SSSR count). The molecule has 0 heterocycles. The Bertz CT molecular complexity index is 622. The molecule has 2 atom stereocenters. The summed E-state index contributed by atoms with van der Waals surface area (Å²) < 4.78 is 18.7. The summed E-state index contributed by atoms with van der Waals surface area (Å²) in [5.74, 6) is -1.09. The zero-order chi connectivity index (χ0) is 16.7. The van der Waals surface area contributed by atoms with Gasteiger partial charge in [0.2, 0.25) is 7.37 Å². The molecule has 0 aliphatic heterocycles. The van der Waals surface area contributed by atoms with Crippen LogP contribution in [-0.2, 0) is 26.9 Å². The topological polar surface area (TPSA) is 63.6 Å². The van der Waals surface area contributed by atoms with Crippen molar-refractivity contribution in [3.8, 4) is 0 Å². The highest BCUT2D eigenvalue weighted by Crippen LogP contribution is 2.53. The predicted octanol–water partition coefficient (Wildman–Crippen LogP) is 4.20. The fourth-order valence-corrected chi connectivity index (χ4v) is 4.24. The molecule has 0 fully saturated rings. The van der Waals surface area contributed by atoms with E-state index >= 15 is 0 Å². The summed E-state index contributed by atoms with van der Waals surface area (Å²) in [5, 5.41) is 9.26. The van der Waals surface area contributed by atoms with Gasteiger partial charge >= 0.3 is 5.97 Å². The van der Waals surface area contributed by atoms with Gasteiger partial charge in [0.05, 0.1) is 6.61 Å². The van der Waals surface area contributed by atoms with Crippen LogP contribution in [0.1, 0.15) is 18.1 Å². The molecule has 4 nitrogen and oxygen atoms in total. The lowest BCUT2D eigenvalue weighted by atomic mass is 10.2. The summed E-state index contributed by atoms with van der Waals surface area (Å²) >= 11 is 0. The van der Waals surface area contributed by atoms with Crippen LogP contribution < -0.4 is 0 Å². The zero-order valence-corrected chi connectivity index (χ0v) is 14.0. The number of aliphatic carboxylic acids is 1. The van der Waals surface area contributed by atoms with Gasteiger partial charge in [0.15, 0.2) is 0 Å². The smallest absolute Gasteiger partial charge is 0.316 e. The lowest BCUT2D eigenvalue weighted by Gasteiger charge is -2.22. The summed E-state index contributed by atoms with van der Waals surface area (Å²) in [6, 6.07) is 19.0. The average Bonchev–Trinajstić information content (AvgIpc) is 2.59. The number of hydrogen-bond donors (Lipinski definition) is 1. The van der Waals surface area contributed by atoms with E-state index in [0.29, 0.717) is 6.42 Å². The van der Waals surface area contributed by atoms with Gasteiger partial charge in [0, 0.05) is 6.16 Å². The second kappa shape index (κ2) is 8.09. The third kappa shape index (κ3) is 5.05. The largest absolute Gasteiger partial charge is 0.481 e. The minimum absolute atomic E-state index is 0.157. The number of carboxylic acid groups (broad SMARTS) is 1. The molecule has 2 aromatic carbocycles. The standard InChI is InChI=1S/C18H21O4P/c1-15(18(19)20)23(21,13-12-16-8-4-2-5-9-16)22-14-17-10-6-3-7-11-17/h2-11,15H,12-14H2,1H3,(H,19,20). The Morgan fingerprint density at radius 3 is 2.09 bits per heavy atom. The molecule has 0 aliphatic rings. The van der Waals surface area contributed by atoms with Crippen LogP contribution >= 0.6 is 7.37 Å². The minimum Gasteiger partial charge on any atom is -0.481 e. The van der Waals surface area contributed by atoms with Crippen LogP contribution in [0.4, 0.5) is 0 Å². The molecule has 2 aromatic rings. The second-order valence-electron chi connectivity index (χ2n) is 5.46. The number of hydrogen-bond acceptors (Lipinski definition) is 3. The van der Waals surface area contributed by atoms with Gasteiger partial charge in [-0.05, 0) is 24.5 Å². The van der Waals surface area contributed by atoms with Gasteiger partial charge in [-0.3, -0.25) is 9.36 Å². The number of aryl methyl sites for hydroxylation is 1. The van der Waals surface area contributed by atoms with Gasteiger partial charge < -0.3 is 9.63 Å². The Balaban J connectivity index is 2.08. The van der Waals surface area contributed by atoms with Crippen molar-refractivity contribution in [3.05, 3.63) is 71.8 Å². The van der Waals surface area contributed by atoms with E-state index in [-0.39, 0.29) is 12.8 Å².